The molecule has 0 atom stereocenters. The highest BCUT2D eigenvalue weighted by molar-refractivity contribution is 7.89. The summed E-state index contributed by atoms with van der Waals surface area (Å²) in [5.74, 6) is -0.469. The van der Waals surface area contributed by atoms with Crippen molar-refractivity contribution in [2.24, 2.45) is 0 Å². The molecule has 0 spiro atoms. The fourth-order valence-electron chi connectivity index (χ4n) is 2.31. The number of rotatable bonds is 6. The zero-order valence-electron chi connectivity index (χ0n) is 14.3. The summed E-state index contributed by atoms with van der Waals surface area (Å²) in [6, 6.07) is 15.4. The minimum atomic E-state index is -3.78. The lowest BCUT2D eigenvalue weighted by molar-refractivity contribution is -0.116. The molecule has 27 heavy (non-hydrogen) atoms. The minimum Gasteiger partial charge on any atom is -0.301 e. The van der Waals surface area contributed by atoms with Gasteiger partial charge in [0.15, 0.2) is 5.13 Å². The molecule has 0 bridgehead atoms. The highest BCUT2D eigenvalue weighted by Gasteiger charge is 2.23. The SMILES string of the molecule is CN(CC(=O)Nc1nc(-c2ccccc2)cs1)S(=O)(=O)c1ccc(Cl)cc1. The number of amides is 1. The van der Waals surface area contributed by atoms with E-state index in [-0.39, 0.29) is 11.4 Å². The Morgan fingerprint density at radius 1 is 1.15 bits per heavy atom. The van der Waals surface area contributed by atoms with E-state index >= 15 is 0 Å². The maximum absolute atomic E-state index is 12.5. The topological polar surface area (TPSA) is 79.4 Å². The zero-order valence-corrected chi connectivity index (χ0v) is 16.7. The number of benzene rings is 2. The molecule has 0 unspecified atom stereocenters. The molecule has 0 aliphatic rings. The van der Waals surface area contributed by atoms with Crippen LogP contribution in [0.2, 0.25) is 5.02 Å². The molecule has 1 N–H and O–H groups in total. The summed E-state index contributed by atoms with van der Waals surface area (Å²) in [6.45, 7) is -0.328. The van der Waals surface area contributed by atoms with E-state index < -0.39 is 15.9 Å². The smallest absolute Gasteiger partial charge is 0.243 e. The molecule has 3 rings (SSSR count). The number of carbonyl (C=O) groups excluding carboxylic acids is 1. The van der Waals surface area contributed by atoms with Crippen LogP contribution < -0.4 is 5.32 Å². The first kappa shape index (κ1) is 19.5. The summed E-state index contributed by atoms with van der Waals surface area (Å²) in [4.78, 5) is 16.7. The number of nitrogens with one attached hydrogen (secondary N) is 1. The lowest BCUT2D eigenvalue weighted by Gasteiger charge is -2.16. The van der Waals surface area contributed by atoms with E-state index in [4.69, 9.17) is 11.6 Å². The summed E-state index contributed by atoms with van der Waals surface area (Å²) in [7, 11) is -2.44. The van der Waals surface area contributed by atoms with Gasteiger partial charge in [-0.15, -0.1) is 11.3 Å². The molecule has 1 heterocycles. The standard InChI is InChI=1S/C18H16ClN3O3S2/c1-22(27(24,25)15-9-7-14(19)8-10-15)11-17(23)21-18-20-16(12-26-18)13-5-3-2-4-6-13/h2-10,12H,11H2,1H3,(H,20,21,23). The van der Waals surface area contributed by atoms with Gasteiger partial charge >= 0.3 is 0 Å². The first-order chi connectivity index (χ1) is 12.9. The summed E-state index contributed by atoms with van der Waals surface area (Å²) in [5, 5.41) is 5.32. The van der Waals surface area contributed by atoms with Crippen molar-refractivity contribution in [2.75, 3.05) is 18.9 Å². The van der Waals surface area contributed by atoms with E-state index in [1.54, 1.807) is 0 Å². The monoisotopic (exact) mass is 421 g/mol. The maximum atomic E-state index is 12.5. The van der Waals surface area contributed by atoms with Crippen LogP contribution in [0, 0.1) is 0 Å². The Kier molecular flexibility index (Phi) is 5.91. The Morgan fingerprint density at radius 3 is 2.48 bits per heavy atom. The Hall–Kier alpha value is -2.26. The van der Waals surface area contributed by atoms with Crippen molar-refractivity contribution in [1.82, 2.24) is 9.29 Å². The second-order valence-corrected chi connectivity index (χ2v) is 9.01. The predicted molar refractivity (Wildman–Crippen MR) is 107 cm³/mol. The third-order valence-corrected chi connectivity index (χ3v) is 6.54. The van der Waals surface area contributed by atoms with Crippen LogP contribution in [0.4, 0.5) is 5.13 Å². The molecule has 1 aromatic heterocycles. The van der Waals surface area contributed by atoms with Crippen molar-refractivity contribution in [3.63, 3.8) is 0 Å². The lowest BCUT2D eigenvalue weighted by atomic mass is 10.2. The Balaban J connectivity index is 1.65. The number of thiazole rings is 1. The quantitative estimate of drug-likeness (QED) is 0.657. The Bertz CT molecular complexity index is 1040. The normalized spacial score (nSPS) is 11.5. The van der Waals surface area contributed by atoms with Gasteiger partial charge in [0.1, 0.15) is 0 Å². The van der Waals surface area contributed by atoms with Gasteiger partial charge in [-0.25, -0.2) is 13.4 Å². The van der Waals surface area contributed by atoms with Gasteiger partial charge in [0.05, 0.1) is 17.1 Å². The Morgan fingerprint density at radius 2 is 1.81 bits per heavy atom. The van der Waals surface area contributed by atoms with Gasteiger partial charge in [-0.3, -0.25) is 4.79 Å². The van der Waals surface area contributed by atoms with Crippen molar-refractivity contribution in [2.45, 2.75) is 4.90 Å². The van der Waals surface area contributed by atoms with E-state index in [1.165, 1.54) is 42.6 Å². The van der Waals surface area contributed by atoms with Crippen LogP contribution in [0.3, 0.4) is 0 Å². The lowest BCUT2D eigenvalue weighted by Crippen LogP contribution is -2.34. The summed E-state index contributed by atoms with van der Waals surface area (Å²) in [6.07, 6.45) is 0. The minimum absolute atomic E-state index is 0.0720. The van der Waals surface area contributed by atoms with Gasteiger partial charge in [-0.2, -0.15) is 4.31 Å². The van der Waals surface area contributed by atoms with Crippen LogP contribution in [0.25, 0.3) is 11.3 Å². The molecule has 0 saturated heterocycles. The number of sulfonamides is 1. The first-order valence-corrected chi connectivity index (χ1v) is 10.6. The molecule has 3 aromatic rings. The van der Waals surface area contributed by atoms with E-state index in [0.717, 1.165) is 15.6 Å². The molecule has 6 nitrogen and oxygen atoms in total. The highest BCUT2D eigenvalue weighted by atomic mass is 35.5. The molecule has 0 aliphatic carbocycles. The van der Waals surface area contributed by atoms with E-state index in [1.807, 2.05) is 35.7 Å². The highest BCUT2D eigenvalue weighted by Crippen LogP contribution is 2.24. The molecule has 140 valence electrons. The van der Waals surface area contributed by atoms with Gasteiger partial charge in [-0.1, -0.05) is 41.9 Å². The number of hydrogen-bond donors (Lipinski definition) is 1. The van der Waals surface area contributed by atoms with E-state index in [0.29, 0.717) is 10.2 Å². The average molecular weight is 422 g/mol. The number of carbonyl (C=O) groups is 1. The van der Waals surface area contributed by atoms with Crippen LogP contribution in [0.5, 0.6) is 0 Å². The number of likely N-dealkylation sites (N-methyl/N-ethyl adjacent to an activating group) is 1. The van der Waals surface area contributed by atoms with Crippen molar-refractivity contribution < 1.29 is 13.2 Å². The fraction of sp³-hybridized carbons (Fsp3) is 0.111. The van der Waals surface area contributed by atoms with Crippen molar-refractivity contribution in [3.05, 3.63) is 65.0 Å². The van der Waals surface area contributed by atoms with Gasteiger partial charge in [0.2, 0.25) is 15.9 Å². The van der Waals surface area contributed by atoms with Crippen molar-refractivity contribution in [1.29, 1.82) is 0 Å². The van der Waals surface area contributed by atoms with Gasteiger partial charge in [-0.05, 0) is 24.3 Å². The van der Waals surface area contributed by atoms with Crippen LogP contribution in [0.15, 0.2) is 64.9 Å². The molecule has 2 aromatic carbocycles. The summed E-state index contributed by atoms with van der Waals surface area (Å²) < 4.78 is 26.0. The fourth-order valence-corrected chi connectivity index (χ4v) is 4.29. The third-order valence-electron chi connectivity index (χ3n) is 3.71. The van der Waals surface area contributed by atoms with E-state index in [9.17, 15) is 13.2 Å². The number of aromatic nitrogens is 1. The second kappa shape index (κ2) is 8.18. The number of nitrogens with zero attached hydrogens (tertiary/aromatic N) is 2. The third kappa shape index (κ3) is 4.72. The average Bonchev–Trinajstić information content (AvgIpc) is 3.11. The van der Waals surface area contributed by atoms with Crippen molar-refractivity contribution in [3.8, 4) is 11.3 Å². The molecule has 0 aliphatic heterocycles. The molecule has 0 fully saturated rings. The maximum Gasteiger partial charge on any atom is 0.243 e. The molecule has 9 heteroatoms. The molecule has 1 amide bonds. The first-order valence-electron chi connectivity index (χ1n) is 7.89. The molecular formula is C18H16ClN3O3S2. The molecule has 0 saturated carbocycles. The van der Waals surface area contributed by atoms with Crippen LogP contribution >= 0.6 is 22.9 Å². The Labute approximate surface area is 166 Å². The summed E-state index contributed by atoms with van der Waals surface area (Å²) in [5.41, 5.74) is 1.69. The number of hydrogen-bond acceptors (Lipinski definition) is 5. The summed E-state index contributed by atoms with van der Waals surface area (Å²) >= 11 is 7.06. The van der Waals surface area contributed by atoms with Gasteiger partial charge < -0.3 is 5.32 Å². The molecule has 0 radical (unpaired) electrons. The van der Waals surface area contributed by atoms with Crippen molar-refractivity contribution >= 4 is 44.0 Å². The molecular weight excluding hydrogens is 406 g/mol. The van der Waals surface area contributed by atoms with E-state index in [2.05, 4.69) is 10.3 Å². The largest absolute Gasteiger partial charge is 0.301 e. The van der Waals surface area contributed by atoms with Crippen LogP contribution in [0.1, 0.15) is 0 Å². The van der Waals surface area contributed by atoms with Crippen LogP contribution in [-0.2, 0) is 14.8 Å². The van der Waals surface area contributed by atoms with Gasteiger partial charge in [0, 0.05) is 23.0 Å². The second-order valence-electron chi connectivity index (χ2n) is 5.67. The number of halogens is 1. The van der Waals surface area contributed by atoms with Crippen LogP contribution in [-0.4, -0.2) is 37.2 Å². The number of anilines is 1. The zero-order chi connectivity index (χ0) is 19.4. The predicted octanol–water partition coefficient (Wildman–Crippen LogP) is 3.72. The van der Waals surface area contributed by atoms with Gasteiger partial charge in [0.25, 0.3) is 0 Å².